The van der Waals surface area contributed by atoms with Crippen LogP contribution in [-0.2, 0) is 58.6 Å². The number of hydrogen-bond acceptors (Lipinski definition) is 0. The van der Waals surface area contributed by atoms with E-state index in [1.807, 2.05) is 0 Å². The molecule has 32 valence electrons. The molecule has 0 bridgehead atoms. The van der Waals surface area contributed by atoms with Gasteiger partial charge in [0.15, 0.2) is 0 Å². The largest absolute Gasteiger partial charge is 0 e. The van der Waals surface area contributed by atoms with Crippen molar-refractivity contribution in [1.82, 2.24) is 0 Å². The van der Waals surface area contributed by atoms with E-state index < -0.39 is 0 Å². The van der Waals surface area contributed by atoms with Crippen molar-refractivity contribution >= 4 is 72.4 Å². The molecule has 0 heterocycles. The summed E-state index contributed by atoms with van der Waals surface area (Å²) in [6.45, 7) is 0. The standard InChI is InChI=1S/Ca.Cr.GeH4.H2Se.Ti.Zn.2H/h;;1H4;1H2;;;;. The Morgan fingerprint density at radius 3 is 1.00 bits per heavy atom. The second kappa shape index (κ2) is 35.1. The van der Waals surface area contributed by atoms with Crippen LogP contribution >= 0.6 is 0 Å². The van der Waals surface area contributed by atoms with Crippen LogP contribution in [0.15, 0.2) is 0 Å². The van der Waals surface area contributed by atoms with Gasteiger partial charge in [0.1, 0.15) is 0 Å². The molecule has 0 aromatic heterocycles. The fourth-order valence-corrected chi connectivity index (χ4v) is 0. The predicted molar refractivity (Wildman–Crippen MR) is 28.4 cm³/mol. The second-order valence-corrected chi connectivity index (χ2v) is 0. The third kappa shape index (κ3) is 24.1. The summed E-state index contributed by atoms with van der Waals surface area (Å²) in [5.74, 6) is 0. The molecule has 0 fully saturated rings. The van der Waals surface area contributed by atoms with Crippen molar-refractivity contribution in [3.8, 4) is 0 Å². The van der Waals surface area contributed by atoms with Gasteiger partial charge in [-0.05, 0) is 0 Å². The van der Waals surface area contributed by atoms with Gasteiger partial charge in [0, 0.05) is 58.6 Å². The van der Waals surface area contributed by atoms with Crippen molar-refractivity contribution in [2.24, 2.45) is 0 Å². The second-order valence-electron chi connectivity index (χ2n) is 0. The molecule has 0 unspecified atom stereocenters. The minimum Gasteiger partial charge on any atom is 0 e. The van der Waals surface area contributed by atoms with Crippen LogP contribution in [0.25, 0.3) is 0 Å². The normalized spacial score (nSPS) is 0. The average Bonchev–Trinajstić information content (AvgIpc) is 0. The molecule has 0 aliphatic carbocycles. The van der Waals surface area contributed by atoms with Gasteiger partial charge in [-0.3, -0.25) is 0 Å². The van der Waals surface area contributed by atoms with Crippen molar-refractivity contribution in [2.45, 2.75) is 0 Å². The van der Waals surface area contributed by atoms with Crippen LogP contribution in [-0.4, -0.2) is 72.4 Å². The molecule has 6 heavy (non-hydrogen) atoms. The predicted octanol–water partition coefficient (Wildman–Crippen LogP) is -3.29. The molecular weight excluding hydrogens is 357 g/mol. The molecule has 0 rings (SSSR count). The summed E-state index contributed by atoms with van der Waals surface area (Å²) in [7, 11) is 0. The van der Waals surface area contributed by atoms with E-state index in [4.69, 9.17) is 0 Å². The van der Waals surface area contributed by atoms with E-state index in [2.05, 4.69) is 0 Å². The van der Waals surface area contributed by atoms with Crippen molar-refractivity contribution in [3.63, 3.8) is 0 Å². The van der Waals surface area contributed by atoms with Crippen LogP contribution in [0, 0.1) is 0 Å². The topological polar surface area (TPSA) is 0 Å². The fraction of sp³-hybridized carbons (Fsp3) is 0. The fourth-order valence-electron chi connectivity index (χ4n) is 0. The number of rotatable bonds is 0. The monoisotopic (exact) mass is 366 g/mol. The Kier molecular flexibility index (Phi) is 287. The zero-order valence-electron chi connectivity index (χ0n) is 2.12. The van der Waals surface area contributed by atoms with Crippen LogP contribution in [0.3, 0.4) is 0 Å². The van der Waals surface area contributed by atoms with E-state index in [1.165, 1.54) is 0 Å². The molecule has 0 N–H and O–H groups in total. The summed E-state index contributed by atoms with van der Waals surface area (Å²) in [6.07, 6.45) is 0. The quantitative estimate of drug-likeness (QED) is 0.395. The van der Waals surface area contributed by atoms with Gasteiger partial charge in [0.05, 0.1) is 0 Å². The summed E-state index contributed by atoms with van der Waals surface area (Å²) >= 11 is 0. The Hall–Kier alpha value is 4.19. The molecule has 0 aliphatic rings. The molecule has 0 radical (unpaired) electrons. The zero-order chi connectivity index (χ0) is 0. The first-order valence-corrected chi connectivity index (χ1v) is 0. The summed E-state index contributed by atoms with van der Waals surface area (Å²) in [5, 5.41) is 0. The van der Waals surface area contributed by atoms with E-state index in [1.54, 1.807) is 0 Å². The maximum absolute atomic E-state index is 0. The average molecular weight is 365 g/mol. The zero-order valence-corrected chi connectivity index (χ0v) is 10.0. The minimum absolute atomic E-state index is 0. The van der Waals surface area contributed by atoms with E-state index in [-0.39, 0.29) is 131 Å². The van der Waals surface area contributed by atoms with E-state index in [0.29, 0.717) is 0 Å². The smallest absolute Gasteiger partial charge is 0 e. The van der Waals surface area contributed by atoms with E-state index in [0.717, 1.165) is 0 Å². The van der Waals surface area contributed by atoms with Gasteiger partial charge in [0.2, 0.25) is 0 Å². The third-order valence-corrected chi connectivity index (χ3v) is 0. The first kappa shape index (κ1) is 49.0. The summed E-state index contributed by atoms with van der Waals surface area (Å²) in [5.41, 5.74) is 0. The molecule has 0 aromatic carbocycles. The molecule has 0 aromatic rings. The van der Waals surface area contributed by atoms with Crippen LogP contribution in [0.2, 0.25) is 0 Å². The van der Waals surface area contributed by atoms with Crippen LogP contribution in [0.5, 0.6) is 0 Å². The van der Waals surface area contributed by atoms with Crippen molar-refractivity contribution < 1.29 is 58.6 Å². The maximum Gasteiger partial charge on any atom is 0 e. The Bertz CT molecular complexity index is 15.5. The number of hydrogen-bond donors (Lipinski definition) is 0. The molecular formula is H8CaCrGeSeTiZn. The molecule has 0 spiro atoms. The van der Waals surface area contributed by atoms with Crippen molar-refractivity contribution in [3.05, 3.63) is 0 Å². The van der Waals surface area contributed by atoms with Gasteiger partial charge in [-0.25, -0.2) is 0 Å². The van der Waals surface area contributed by atoms with Gasteiger partial charge in [-0.15, -0.1) is 0 Å². The van der Waals surface area contributed by atoms with E-state index in [9.17, 15) is 0 Å². The maximum atomic E-state index is 0. The van der Waals surface area contributed by atoms with E-state index >= 15 is 0 Å². The van der Waals surface area contributed by atoms with Gasteiger partial charge in [-0.1, -0.05) is 0 Å². The molecule has 0 atom stereocenters. The SMILES string of the molecule is [CaH2].[Cr].[GeH4].[SeH2].[Ti].[Zn]. The van der Waals surface area contributed by atoms with Crippen molar-refractivity contribution in [1.29, 1.82) is 0 Å². The Labute approximate surface area is 128 Å². The minimum atomic E-state index is 0. The third-order valence-electron chi connectivity index (χ3n) is 0. The first-order valence-electron chi connectivity index (χ1n) is 0. The summed E-state index contributed by atoms with van der Waals surface area (Å²) < 4.78 is 0. The molecule has 0 amide bonds. The Balaban J connectivity index is 0. The molecule has 0 aliphatic heterocycles. The van der Waals surface area contributed by atoms with Crippen LogP contribution in [0.4, 0.5) is 0 Å². The van der Waals surface area contributed by atoms with Crippen LogP contribution < -0.4 is 0 Å². The molecule has 0 nitrogen and oxygen atoms in total. The molecule has 0 saturated carbocycles. The molecule has 6 heteroatoms. The summed E-state index contributed by atoms with van der Waals surface area (Å²) in [4.78, 5) is 0. The van der Waals surface area contributed by atoms with Gasteiger partial charge < -0.3 is 0 Å². The Morgan fingerprint density at radius 2 is 1.00 bits per heavy atom. The Morgan fingerprint density at radius 1 is 1.00 bits per heavy atom. The summed E-state index contributed by atoms with van der Waals surface area (Å²) in [6, 6.07) is 0. The van der Waals surface area contributed by atoms with Gasteiger partial charge >= 0.3 is 72.4 Å². The van der Waals surface area contributed by atoms with Crippen LogP contribution in [0.1, 0.15) is 0 Å². The van der Waals surface area contributed by atoms with Crippen molar-refractivity contribution in [2.75, 3.05) is 0 Å². The molecule has 0 saturated heterocycles. The van der Waals surface area contributed by atoms with Gasteiger partial charge in [0.25, 0.3) is 0 Å². The first-order chi connectivity index (χ1) is 0. The van der Waals surface area contributed by atoms with Gasteiger partial charge in [-0.2, -0.15) is 0 Å².